The Hall–Kier alpha value is -1.01. The Balaban J connectivity index is 2.39. The molecule has 0 spiro atoms. The van der Waals surface area contributed by atoms with Gasteiger partial charge < -0.3 is 10.1 Å². The molecule has 0 amide bonds. The smallest absolute Gasteiger partial charge is 0.384 e. The molecule has 1 unspecified atom stereocenters. The van der Waals surface area contributed by atoms with Crippen molar-refractivity contribution in [1.82, 2.24) is 5.32 Å². The molecule has 1 saturated heterocycles. The van der Waals surface area contributed by atoms with Crippen molar-refractivity contribution in [3.8, 4) is 11.8 Å². The van der Waals surface area contributed by atoms with Gasteiger partial charge in [-0.25, -0.2) is 4.79 Å². The van der Waals surface area contributed by atoms with Crippen molar-refractivity contribution in [2.24, 2.45) is 5.92 Å². The van der Waals surface area contributed by atoms with Gasteiger partial charge in [0, 0.05) is 18.4 Å². The molecule has 15 heavy (non-hydrogen) atoms. The fourth-order valence-corrected chi connectivity index (χ4v) is 1.44. The van der Waals surface area contributed by atoms with E-state index in [0.29, 0.717) is 5.92 Å². The highest BCUT2D eigenvalue weighted by Gasteiger charge is 2.15. The summed E-state index contributed by atoms with van der Waals surface area (Å²) in [5, 5.41) is 3.25. The van der Waals surface area contributed by atoms with Crippen LogP contribution in [0.25, 0.3) is 0 Å². The molecule has 0 aliphatic carbocycles. The summed E-state index contributed by atoms with van der Waals surface area (Å²) in [6.45, 7) is 7.47. The Morgan fingerprint density at radius 3 is 2.73 bits per heavy atom. The molecule has 1 N–H and O–H groups in total. The number of nitrogens with one attached hydrogen (secondary N) is 1. The number of carbonyl (C=O) groups is 1. The molecule has 1 aliphatic heterocycles. The Bertz CT molecular complexity index is 274. The Morgan fingerprint density at radius 2 is 2.20 bits per heavy atom. The van der Waals surface area contributed by atoms with Gasteiger partial charge in [-0.05, 0) is 40.2 Å². The second kappa shape index (κ2) is 5.18. The van der Waals surface area contributed by atoms with Gasteiger partial charge in [-0.15, -0.1) is 0 Å². The molecule has 1 fully saturated rings. The number of carbonyl (C=O) groups excluding carboxylic acids is 1. The van der Waals surface area contributed by atoms with E-state index >= 15 is 0 Å². The van der Waals surface area contributed by atoms with Gasteiger partial charge in [0.1, 0.15) is 5.60 Å². The van der Waals surface area contributed by atoms with E-state index in [1.54, 1.807) is 0 Å². The van der Waals surface area contributed by atoms with E-state index in [0.717, 1.165) is 25.9 Å². The van der Waals surface area contributed by atoms with E-state index in [4.69, 9.17) is 4.74 Å². The number of piperidine rings is 1. The molecule has 0 saturated carbocycles. The lowest BCUT2D eigenvalue weighted by Gasteiger charge is -2.18. The van der Waals surface area contributed by atoms with Crippen LogP contribution in [0.15, 0.2) is 0 Å². The molecule has 3 heteroatoms. The normalized spacial score (nSPS) is 21.4. The van der Waals surface area contributed by atoms with E-state index in [1.165, 1.54) is 0 Å². The summed E-state index contributed by atoms with van der Waals surface area (Å²) in [4.78, 5) is 11.3. The molecule has 1 rings (SSSR count). The number of ether oxygens (including phenoxy) is 1. The molecule has 1 heterocycles. The fraction of sp³-hybridized carbons (Fsp3) is 0.750. The van der Waals surface area contributed by atoms with Crippen LogP contribution < -0.4 is 5.32 Å². The molecular weight excluding hydrogens is 190 g/mol. The van der Waals surface area contributed by atoms with Crippen LogP contribution in [-0.2, 0) is 9.53 Å². The van der Waals surface area contributed by atoms with Gasteiger partial charge in [-0.1, -0.05) is 5.92 Å². The summed E-state index contributed by atoms with van der Waals surface area (Å²) in [5.74, 6) is 5.39. The Kier molecular flexibility index (Phi) is 4.16. The van der Waals surface area contributed by atoms with Crippen molar-refractivity contribution >= 4 is 5.97 Å². The Labute approximate surface area is 91.6 Å². The van der Waals surface area contributed by atoms with Crippen molar-refractivity contribution in [1.29, 1.82) is 0 Å². The molecule has 0 aromatic heterocycles. The number of hydrogen-bond acceptors (Lipinski definition) is 3. The standard InChI is InChI=1S/C12H19NO2/c1-12(2,3)15-11(14)7-6-10-5-4-8-13-9-10/h10,13H,4-5,8-9H2,1-3H3. The van der Waals surface area contributed by atoms with Gasteiger partial charge in [0.2, 0.25) is 0 Å². The highest BCUT2D eigenvalue weighted by atomic mass is 16.6. The first kappa shape index (κ1) is 12.1. The molecule has 0 aromatic carbocycles. The third kappa shape index (κ3) is 5.44. The second-order valence-corrected chi connectivity index (χ2v) is 4.81. The van der Waals surface area contributed by atoms with Crippen LogP contribution in [0.2, 0.25) is 0 Å². The van der Waals surface area contributed by atoms with Crippen LogP contribution in [0.3, 0.4) is 0 Å². The quantitative estimate of drug-likeness (QED) is 0.371. The maximum atomic E-state index is 11.3. The highest BCUT2D eigenvalue weighted by molar-refractivity contribution is 5.88. The minimum atomic E-state index is -0.448. The largest absolute Gasteiger partial charge is 0.450 e. The third-order valence-electron chi connectivity index (χ3n) is 2.07. The molecular formula is C12H19NO2. The summed E-state index contributed by atoms with van der Waals surface area (Å²) in [7, 11) is 0. The lowest BCUT2D eigenvalue weighted by molar-refractivity contribution is -0.147. The zero-order valence-corrected chi connectivity index (χ0v) is 9.72. The predicted octanol–water partition coefficient (Wildman–Crippen LogP) is 1.33. The third-order valence-corrected chi connectivity index (χ3v) is 2.07. The minimum absolute atomic E-state index is 0.297. The Morgan fingerprint density at radius 1 is 1.47 bits per heavy atom. The number of esters is 1. The number of hydrogen-bond donors (Lipinski definition) is 1. The highest BCUT2D eigenvalue weighted by Crippen LogP contribution is 2.09. The molecule has 0 radical (unpaired) electrons. The fourth-order valence-electron chi connectivity index (χ4n) is 1.44. The summed E-state index contributed by atoms with van der Waals surface area (Å²) in [6, 6.07) is 0. The van der Waals surface area contributed by atoms with E-state index in [1.807, 2.05) is 20.8 Å². The molecule has 1 atom stereocenters. The lowest BCUT2D eigenvalue weighted by Crippen LogP contribution is -2.29. The first-order valence-corrected chi connectivity index (χ1v) is 5.42. The van der Waals surface area contributed by atoms with E-state index < -0.39 is 11.6 Å². The van der Waals surface area contributed by atoms with Gasteiger partial charge in [0.15, 0.2) is 0 Å². The van der Waals surface area contributed by atoms with Gasteiger partial charge >= 0.3 is 5.97 Å². The van der Waals surface area contributed by atoms with Crippen LogP contribution in [-0.4, -0.2) is 24.7 Å². The zero-order chi connectivity index (χ0) is 11.3. The first-order valence-electron chi connectivity index (χ1n) is 5.42. The van der Waals surface area contributed by atoms with Crippen molar-refractivity contribution in [2.75, 3.05) is 13.1 Å². The average Bonchev–Trinajstić information content (AvgIpc) is 2.14. The van der Waals surface area contributed by atoms with Crippen LogP contribution >= 0.6 is 0 Å². The maximum absolute atomic E-state index is 11.3. The van der Waals surface area contributed by atoms with Crippen molar-refractivity contribution < 1.29 is 9.53 Å². The molecule has 3 nitrogen and oxygen atoms in total. The van der Waals surface area contributed by atoms with Gasteiger partial charge in [0.05, 0.1) is 0 Å². The van der Waals surface area contributed by atoms with Gasteiger partial charge in [0.25, 0.3) is 0 Å². The number of rotatable bonds is 0. The van der Waals surface area contributed by atoms with Crippen LogP contribution in [0.4, 0.5) is 0 Å². The monoisotopic (exact) mass is 209 g/mol. The average molecular weight is 209 g/mol. The second-order valence-electron chi connectivity index (χ2n) is 4.81. The minimum Gasteiger partial charge on any atom is -0.450 e. The van der Waals surface area contributed by atoms with Gasteiger partial charge in [-0.2, -0.15) is 0 Å². The van der Waals surface area contributed by atoms with E-state index in [-0.39, 0.29) is 0 Å². The molecule has 0 bridgehead atoms. The van der Waals surface area contributed by atoms with Crippen molar-refractivity contribution in [2.45, 2.75) is 39.2 Å². The first-order chi connectivity index (χ1) is 6.97. The van der Waals surface area contributed by atoms with Gasteiger partial charge in [-0.3, -0.25) is 0 Å². The van der Waals surface area contributed by atoms with Crippen molar-refractivity contribution in [3.63, 3.8) is 0 Å². The lowest BCUT2D eigenvalue weighted by atomic mass is 10.0. The van der Waals surface area contributed by atoms with E-state index in [9.17, 15) is 4.79 Å². The predicted molar refractivity (Wildman–Crippen MR) is 59.2 cm³/mol. The summed E-state index contributed by atoms with van der Waals surface area (Å²) >= 11 is 0. The molecule has 84 valence electrons. The zero-order valence-electron chi connectivity index (χ0n) is 9.72. The molecule has 0 aromatic rings. The van der Waals surface area contributed by atoms with E-state index in [2.05, 4.69) is 17.2 Å². The topological polar surface area (TPSA) is 38.3 Å². The SMILES string of the molecule is CC(C)(C)OC(=O)C#CC1CCCNC1. The van der Waals surface area contributed by atoms with Crippen LogP contribution in [0.1, 0.15) is 33.6 Å². The van der Waals surface area contributed by atoms with Crippen LogP contribution in [0, 0.1) is 17.8 Å². The molecule has 1 aliphatic rings. The van der Waals surface area contributed by atoms with Crippen molar-refractivity contribution in [3.05, 3.63) is 0 Å². The van der Waals surface area contributed by atoms with Crippen LogP contribution in [0.5, 0.6) is 0 Å². The summed E-state index contributed by atoms with van der Waals surface area (Å²) in [5.41, 5.74) is -0.448. The summed E-state index contributed by atoms with van der Waals surface area (Å²) < 4.78 is 5.10. The summed E-state index contributed by atoms with van der Waals surface area (Å²) in [6.07, 6.45) is 2.20. The maximum Gasteiger partial charge on any atom is 0.384 e.